The molecule has 0 bridgehead atoms. The second-order valence-corrected chi connectivity index (χ2v) is 6.72. The Kier molecular flexibility index (Phi) is 6.97. The predicted molar refractivity (Wildman–Crippen MR) is 112 cm³/mol. The first-order valence-corrected chi connectivity index (χ1v) is 9.44. The van der Waals surface area contributed by atoms with Crippen LogP contribution in [0.2, 0.25) is 0 Å². The highest BCUT2D eigenvalue weighted by molar-refractivity contribution is 5.94. The number of rotatable bonds is 7. The van der Waals surface area contributed by atoms with Crippen molar-refractivity contribution < 1.29 is 37.0 Å². The third kappa shape index (κ3) is 6.57. The van der Waals surface area contributed by atoms with Crippen LogP contribution in [0.1, 0.15) is 26.3 Å². The van der Waals surface area contributed by atoms with Crippen LogP contribution < -0.4 is 20.5 Å². The van der Waals surface area contributed by atoms with Crippen molar-refractivity contribution in [1.29, 1.82) is 0 Å². The molecule has 0 aliphatic heterocycles. The van der Waals surface area contributed by atoms with Gasteiger partial charge in [-0.05, 0) is 60.7 Å². The predicted octanol–water partition coefficient (Wildman–Crippen LogP) is 4.04. The van der Waals surface area contributed by atoms with Gasteiger partial charge in [0.1, 0.15) is 11.5 Å². The Morgan fingerprint density at radius 2 is 1.55 bits per heavy atom. The molecular weight excluding hydrogens is 441 g/mol. The summed E-state index contributed by atoms with van der Waals surface area (Å²) in [5.41, 5.74) is 4.66. The lowest BCUT2D eigenvalue weighted by Crippen LogP contribution is -2.20. The van der Waals surface area contributed by atoms with Crippen LogP contribution in [0.15, 0.2) is 72.8 Å². The van der Waals surface area contributed by atoms with E-state index in [2.05, 4.69) is 5.32 Å². The molecule has 3 rings (SSSR count). The van der Waals surface area contributed by atoms with Crippen molar-refractivity contribution in [2.75, 3.05) is 11.9 Å². The van der Waals surface area contributed by atoms with E-state index in [-0.39, 0.29) is 28.3 Å². The quantitative estimate of drug-likeness (QED) is 0.410. The smallest absolute Gasteiger partial charge is 0.416 e. The third-order valence-electron chi connectivity index (χ3n) is 4.26. The lowest BCUT2D eigenvalue weighted by molar-refractivity contribution is -0.137. The van der Waals surface area contributed by atoms with Crippen LogP contribution in [0.3, 0.4) is 0 Å². The summed E-state index contributed by atoms with van der Waals surface area (Å²) in [7, 11) is 0. The summed E-state index contributed by atoms with van der Waals surface area (Å²) < 4.78 is 48.7. The summed E-state index contributed by atoms with van der Waals surface area (Å²) >= 11 is 0. The van der Waals surface area contributed by atoms with Crippen LogP contribution in [0.5, 0.6) is 11.5 Å². The van der Waals surface area contributed by atoms with E-state index >= 15 is 0 Å². The zero-order chi connectivity index (χ0) is 24.0. The van der Waals surface area contributed by atoms with Crippen molar-refractivity contribution in [1.82, 2.24) is 0 Å². The lowest BCUT2D eigenvalue weighted by atomic mass is 10.2. The van der Waals surface area contributed by atoms with Gasteiger partial charge in [-0.25, -0.2) is 4.79 Å². The van der Waals surface area contributed by atoms with E-state index in [0.29, 0.717) is 0 Å². The van der Waals surface area contributed by atoms with Gasteiger partial charge in [0.15, 0.2) is 6.61 Å². The summed E-state index contributed by atoms with van der Waals surface area (Å²) in [6, 6.07) is 15.7. The number of alkyl halides is 3. The van der Waals surface area contributed by atoms with Crippen molar-refractivity contribution in [3.05, 3.63) is 89.5 Å². The maximum Gasteiger partial charge on any atom is 0.416 e. The molecule has 3 N–H and O–H groups in total. The highest BCUT2D eigenvalue weighted by Crippen LogP contribution is 2.30. The Balaban J connectivity index is 1.54. The van der Waals surface area contributed by atoms with Gasteiger partial charge in [-0.2, -0.15) is 13.2 Å². The Bertz CT molecular complexity index is 1180. The molecule has 0 unspecified atom stereocenters. The number of nitrogens with one attached hydrogen (secondary N) is 1. The van der Waals surface area contributed by atoms with E-state index in [1.807, 2.05) is 0 Å². The molecule has 0 fully saturated rings. The van der Waals surface area contributed by atoms with Crippen molar-refractivity contribution in [3.8, 4) is 11.5 Å². The van der Waals surface area contributed by atoms with Gasteiger partial charge in [0.05, 0.1) is 11.1 Å². The minimum atomic E-state index is -4.52. The number of hydrogen-bond donors (Lipinski definition) is 2. The molecule has 10 heteroatoms. The minimum absolute atomic E-state index is 0.0167. The van der Waals surface area contributed by atoms with E-state index < -0.39 is 36.1 Å². The van der Waals surface area contributed by atoms with E-state index in [0.717, 1.165) is 12.1 Å². The van der Waals surface area contributed by atoms with Crippen LogP contribution in [0.25, 0.3) is 0 Å². The van der Waals surface area contributed by atoms with E-state index in [1.54, 1.807) is 0 Å². The van der Waals surface area contributed by atoms with Crippen molar-refractivity contribution >= 4 is 23.5 Å². The third-order valence-corrected chi connectivity index (χ3v) is 4.26. The molecule has 7 nitrogen and oxygen atoms in total. The molecule has 0 aromatic heterocycles. The fourth-order valence-electron chi connectivity index (χ4n) is 2.69. The number of benzene rings is 3. The molecule has 0 aliphatic rings. The number of anilines is 1. The molecule has 3 aromatic rings. The number of nitrogens with two attached hydrogens (primary N) is 1. The van der Waals surface area contributed by atoms with Gasteiger partial charge in [0, 0.05) is 11.3 Å². The standard InChI is InChI=1S/C23H17F3N2O5/c24-23(25,26)16-4-2-5-17(12-16)28-20(29)13-32-18-9-7-14(8-10-18)22(31)33-19-6-1-3-15(11-19)21(27)30/h1-12H,13H2,(H2,27,30)(H,28,29). The second kappa shape index (κ2) is 9.86. The molecule has 0 heterocycles. The molecule has 3 aromatic carbocycles. The number of hydrogen-bond acceptors (Lipinski definition) is 5. The number of ether oxygens (including phenoxy) is 2. The van der Waals surface area contributed by atoms with Gasteiger partial charge in [-0.3, -0.25) is 9.59 Å². The summed E-state index contributed by atoms with van der Waals surface area (Å²) in [6.07, 6.45) is -4.52. The molecule has 0 spiro atoms. The molecular formula is C23H17F3N2O5. The number of primary amides is 1. The Morgan fingerprint density at radius 1 is 0.848 bits per heavy atom. The Hall–Kier alpha value is -4.34. The van der Waals surface area contributed by atoms with Gasteiger partial charge in [0.25, 0.3) is 5.91 Å². The van der Waals surface area contributed by atoms with Gasteiger partial charge in [-0.1, -0.05) is 12.1 Å². The van der Waals surface area contributed by atoms with E-state index in [9.17, 15) is 27.6 Å². The fourth-order valence-corrected chi connectivity index (χ4v) is 2.69. The van der Waals surface area contributed by atoms with Crippen molar-refractivity contribution in [2.45, 2.75) is 6.18 Å². The van der Waals surface area contributed by atoms with Crippen LogP contribution in [0.4, 0.5) is 18.9 Å². The molecule has 33 heavy (non-hydrogen) atoms. The van der Waals surface area contributed by atoms with Crippen molar-refractivity contribution in [2.24, 2.45) is 5.73 Å². The average molecular weight is 458 g/mol. The molecule has 170 valence electrons. The minimum Gasteiger partial charge on any atom is -0.484 e. The maximum absolute atomic E-state index is 12.7. The van der Waals surface area contributed by atoms with E-state index in [4.69, 9.17) is 15.2 Å². The van der Waals surface area contributed by atoms with Crippen LogP contribution in [-0.2, 0) is 11.0 Å². The number of esters is 1. The van der Waals surface area contributed by atoms with Crippen LogP contribution >= 0.6 is 0 Å². The molecule has 0 saturated carbocycles. The van der Waals surface area contributed by atoms with Gasteiger partial charge >= 0.3 is 12.1 Å². The van der Waals surface area contributed by atoms with Gasteiger partial charge < -0.3 is 20.5 Å². The number of halogens is 3. The number of carbonyl (C=O) groups is 3. The maximum atomic E-state index is 12.7. The van der Waals surface area contributed by atoms with Crippen LogP contribution in [-0.4, -0.2) is 24.4 Å². The fraction of sp³-hybridized carbons (Fsp3) is 0.0870. The molecule has 0 radical (unpaired) electrons. The summed E-state index contributed by atoms with van der Waals surface area (Å²) in [5, 5.41) is 2.32. The first kappa shape index (κ1) is 23.3. The first-order chi connectivity index (χ1) is 15.6. The normalized spacial score (nSPS) is 10.9. The zero-order valence-electron chi connectivity index (χ0n) is 16.9. The average Bonchev–Trinajstić information content (AvgIpc) is 2.78. The molecule has 0 aliphatic carbocycles. The van der Waals surface area contributed by atoms with Crippen molar-refractivity contribution in [3.63, 3.8) is 0 Å². The molecule has 0 saturated heterocycles. The zero-order valence-corrected chi connectivity index (χ0v) is 16.9. The SMILES string of the molecule is NC(=O)c1cccc(OC(=O)c2ccc(OCC(=O)Nc3cccc(C(F)(F)F)c3)cc2)c1. The lowest BCUT2D eigenvalue weighted by Gasteiger charge is -2.11. The summed E-state index contributed by atoms with van der Waals surface area (Å²) in [4.78, 5) is 35.4. The number of carbonyl (C=O) groups excluding carboxylic acids is 3. The Morgan fingerprint density at radius 3 is 2.21 bits per heavy atom. The molecule has 2 amide bonds. The summed E-state index contributed by atoms with van der Waals surface area (Å²) in [6.45, 7) is -0.458. The second-order valence-electron chi connectivity index (χ2n) is 6.72. The van der Waals surface area contributed by atoms with Crippen LogP contribution in [0, 0.1) is 0 Å². The topological polar surface area (TPSA) is 108 Å². The van der Waals surface area contributed by atoms with E-state index in [1.165, 1.54) is 60.7 Å². The number of amides is 2. The first-order valence-electron chi connectivity index (χ1n) is 9.44. The monoisotopic (exact) mass is 458 g/mol. The summed E-state index contributed by atoms with van der Waals surface area (Å²) in [5.74, 6) is -1.62. The highest BCUT2D eigenvalue weighted by atomic mass is 19.4. The molecule has 0 atom stereocenters. The largest absolute Gasteiger partial charge is 0.484 e. The Labute approximate surface area is 185 Å². The highest BCUT2D eigenvalue weighted by Gasteiger charge is 2.30. The van der Waals surface area contributed by atoms with Gasteiger partial charge in [0.2, 0.25) is 5.91 Å². The van der Waals surface area contributed by atoms with Gasteiger partial charge in [-0.15, -0.1) is 0 Å².